The Morgan fingerprint density at radius 2 is 2.06 bits per heavy atom. The first kappa shape index (κ1) is 12.7. The number of carbonyl (C=O) groups excluding carboxylic acids is 1. The van der Waals surface area contributed by atoms with E-state index >= 15 is 0 Å². The smallest absolute Gasteiger partial charge is 0.248 e. The van der Waals surface area contributed by atoms with Crippen LogP contribution in [-0.4, -0.2) is 23.7 Å². The minimum absolute atomic E-state index is 0.266. The van der Waals surface area contributed by atoms with E-state index in [1.54, 1.807) is 0 Å². The van der Waals surface area contributed by atoms with Gasteiger partial charge in [0.2, 0.25) is 5.91 Å². The Morgan fingerprint density at radius 1 is 1.38 bits per heavy atom. The van der Waals surface area contributed by atoms with Crippen molar-refractivity contribution in [3.8, 4) is 0 Å². The summed E-state index contributed by atoms with van der Waals surface area (Å²) in [6.45, 7) is 2.61. The first-order valence-electron chi connectivity index (χ1n) is 5.73. The number of aliphatic hydroxyl groups is 1. The van der Waals surface area contributed by atoms with Gasteiger partial charge in [0.05, 0.1) is 0 Å². The maximum Gasteiger partial charge on any atom is 0.248 e. The van der Waals surface area contributed by atoms with Gasteiger partial charge in [-0.3, -0.25) is 4.79 Å². The Balaban J connectivity index is 2.29. The summed E-state index contributed by atoms with van der Waals surface area (Å²) >= 11 is 0. The third kappa shape index (κ3) is 4.45. The van der Waals surface area contributed by atoms with Crippen molar-refractivity contribution in [1.82, 2.24) is 5.32 Å². The van der Waals surface area contributed by atoms with Crippen LogP contribution >= 0.6 is 0 Å². The second-order valence-electron chi connectivity index (χ2n) is 3.83. The van der Waals surface area contributed by atoms with E-state index in [0.717, 1.165) is 18.4 Å². The topological polar surface area (TPSA) is 49.3 Å². The zero-order valence-corrected chi connectivity index (χ0v) is 9.65. The Morgan fingerprint density at radius 3 is 2.69 bits per heavy atom. The molecule has 0 radical (unpaired) electrons. The summed E-state index contributed by atoms with van der Waals surface area (Å²) in [7, 11) is 0. The van der Waals surface area contributed by atoms with E-state index in [4.69, 9.17) is 0 Å². The molecule has 16 heavy (non-hydrogen) atoms. The molecule has 0 saturated heterocycles. The van der Waals surface area contributed by atoms with Crippen LogP contribution in [0.15, 0.2) is 30.3 Å². The Hall–Kier alpha value is -1.35. The number of hydrogen-bond donors (Lipinski definition) is 2. The van der Waals surface area contributed by atoms with Gasteiger partial charge in [-0.05, 0) is 24.8 Å². The van der Waals surface area contributed by atoms with Crippen LogP contribution in [0.1, 0.15) is 25.3 Å². The minimum atomic E-state index is -0.897. The van der Waals surface area contributed by atoms with Crippen LogP contribution < -0.4 is 5.32 Å². The normalized spacial score (nSPS) is 12.1. The number of rotatable bonds is 6. The molecule has 0 aliphatic carbocycles. The van der Waals surface area contributed by atoms with Gasteiger partial charge in [0.25, 0.3) is 0 Å². The average Bonchev–Trinajstić information content (AvgIpc) is 2.34. The van der Waals surface area contributed by atoms with E-state index in [9.17, 15) is 9.90 Å². The summed E-state index contributed by atoms with van der Waals surface area (Å²) in [6.07, 6.45) is 1.19. The van der Waals surface area contributed by atoms with Gasteiger partial charge in [-0.1, -0.05) is 37.3 Å². The van der Waals surface area contributed by atoms with Crippen LogP contribution in [0.4, 0.5) is 0 Å². The number of hydrogen-bond acceptors (Lipinski definition) is 2. The molecule has 0 aliphatic heterocycles. The number of aliphatic hydroxyl groups excluding tert-OH is 1. The molecule has 88 valence electrons. The standard InChI is InChI=1S/C13H19NO2/c1-2-10-14-13(16)12(15)9-8-11-6-4-3-5-7-11/h3-7,12,15H,2,8-10H2,1H3,(H,14,16). The van der Waals surface area contributed by atoms with E-state index in [0.29, 0.717) is 13.0 Å². The van der Waals surface area contributed by atoms with Crippen molar-refractivity contribution in [1.29, 1.82) is 0 Å². The highest BCUT2D eigenvalue weighted by Crippen LogP contribution is 2.04. The molecule has 3 nitrogen and oxygen atoms in total. The lowest BCUT2D eigenvalue weighted by atomic mass is 10.1. The second kappa shape index (κ2) is 7.01. The van der Waals surface area contributed by atoms with Crippen LogP contribution in [0.3, 0.4) is 0 Å². The summed E-state index contributed by atoms with van der Waals surface area (Å²) in [6, 6.07) is 9.86. The monoisotopic (exact) mass is 221 g/mol. The Kier molecular flexibility index (Phi) is 5.57. The summed E-state index contributed by atoms with van der Waals surface area (Å²) in [5.41, 5.74) is 1.14. The van der Waals surface area contributed by atoms with Gasteiger partial charge < -0.3 is 10.4 Å². The molecular weight excluding hydrogens is 202 g/mol. The third-order valence-corrected chi connectivity index (χ3v) is 2.40. The highest BCUT2D eigenvalue weighted by atomic mass is 16.3. The van der Waals surface area contributed by atoms with Gasteiger partial charge >= 0.3 is 0 Å². The quantitative estimate of drug-likeness (QED) is 0.765. The molecule has 1 aromatic rings. The van der Waals surface area contributed by atoms with Gasteiger partial charge in [0.15, 0.2) is 0 Å². The van der Waals surface area contributed by atoms with Crippen LogP contribution in [-0.2, 0) is 11.2 Å². The molecule has 1 aromatic carbocycles. The highest BCUT2D eigenvalue weighted by Gasteiger charge is 2.13. The van der Waals surface area contributed by atoms with E-state index in [1.807, 2.05) is 37.3 Å². The van der Waals surface area contributed by atoms with Crippen LogP contribution in [0.5, 0.6) is 0 Å². The molecule has 0 saturated carbocycles. The summed E-state index contributed by atoms with van der Waals surface area (Å²) in [5, 5.41) is 12.3. The highest BCUT2D eigenvalue weighted by molar-refractivity contribution is 5.80. The van der Waals surface area contributed by atoms with Gasteiger partial charge in [-0.25, -0.2) is 0 Å². The Labute approximate surface area is 96.5 Å². The van der Waals surface area contributed by atoms with Gasteiger partial charge in [-0.15, -0.1) is 0 Å². The molecule has 0 heterocycles. The molecule has 3 heteroatoms. The molecule has 0 bridgehead atoms. The molecule has 0 aromatic heterocycles. The van der Waals surface area contributed by atoms with E-state index in [-0.39, 0.29) is 5.91 Å². The SMILES string of the molecule is CCCNC(=O)C(O)CCc1ccccc1. The number of benzene rings is 1. The maximum atomic E-state index is 11.4. The predicted octanol–water partition coefficient (Wildman–Crippen LogP) is 1.51. The molecule has 0 fully saturated rings. The fourth-order valence-electron chi connectivity index (χ4n) is 1.45. The lowest BCUT2D eigenvalue weighted by molar-refractivity contribution is -0.129. The molecule has 1 rings (SSSR count). The second-order valence-corrected chi connectivity index (χ2v) is 3.83. The number of aryl methyl sites for hydroxylation is 1. The van der Waals surface area contributed by atoms with Crippen LogP contribution in [0, 0.1) is 0 Å². The first-order chi connectivity index (χ1) is 7.74. The summed E-state index contributed by atoms with van der Waals surface area (Å²) < 4.78 is 0. The fourth-order valence-corrected chi connectivity index (χ4v) is 1.45. The molecule has 0 spiro atoms. The van der Waals surface area contributed by atoms with Crippen molar-refractivity contribution in [2.45, 2.75) is 32.3 Å². The number of carbonyl (C=O) groups is 1. The van der Waals surface area contributed by atoms with Gasteiger partial charge in [0.1, 0.15) is 6.10 Å². The van der Waals surface area contributed by atoms with Crippen molar-refractivity contribution in [2.24, 2.45) is 0 Å². The van der Waals surface area contributed by atoms with Crippen molar-refractivity contribution < 1.29 is 9.90 Å². The van der Waals surface area contributed by atoms with Crippen molar-refractivity contribution in [3.05, 3.63) is 35.9 Å². The van der Waals surface area contributed by atoms with Gasteiger partial charge in [-0.2, -0.15) is 0 Å². The number of amides is 1. The van der Waals surface area contributed by atoms with E-state index in [1.165, 1.54) is 0 Å². The molecule has 1 unspecified atom stereocenters. The van der Waals surface area contributed by atoms with E-state index in [2.05, 4.69) is 5.32 Å². The van der Waals surface area contributed by atoms with Crippen LogP contribution in [0.2, 0.25) is 0 Å². The summed E-state index contributed by atoms with van der Waals surface area (Å²) in [4.78, 5) is 11.4. The lowest BCUT2D eigenvalue weighted by Gasteiger charge is -2.10. The third-order valence-electron chi connectivity index (χ3n) is 2.40. The maximum absolute atomic E-state index is 11.4. The van der Waals surface area contributed by atoms with E-state index < -0.39 is 6.10 Å². The summed E-state index contributed by atoms with van der Waals surface area (Å²) in [5.74, 6) is -0.266. The Bertz CT molecular complexity index is 311. The fraction of sp³-hybridized carbons (Fsp3) is 0.462. The van der Waals surface area contributed by atoms with Gasteiger partial charge in [0, 0.05) is 6.54 Å². The average molecular weight is 221 g/mol. The van der Waals surface area contributed by atoms with Crippen molar-refractivity contribution >= 4 is 5.91 Å². The largest absolute Gasteiger partial charge is 0.383 e. The van der Waals surface area contributed by atoms with Crippen molar-refractivity contribution in [2.75, 3.05) is 6.54 Å². The lowest BCUT2D eigenvalue weighted by Crippen LogP contribution is -2.35. The zero-order chi connectivity index (χ0) is 11.8. The van der Waals surface area contributed by atoms with Crippen LogP contribution in [0.25, 0.3) is 0 Å². The molecular formula is C13H19NO2. The molecule has 1 atom stereocenters. The number of nitrogens with one attached hydrogen (secondary N) is 1. The minimum Gasteiger partial charge on any atom is -0.383 e. The zero-order valence-electron chi connectivity index (χ0n) is 9.65. The predicted molar refractivity (Wildman–Crippen MR) is 64.1 cm³/mol. The molecule has 1 amide bonds. The molecule has 2 N–H and O–H groups in total. The molecule has 0 aliphatic rings. The first-order valence-corrected chi connectivity index (χ1v) is 5.73. The van der Waals surface area contributed by atoms with Crippen molar-refractivity contribution in [3.63, 3.8) is 0 Å².